The van der Waals surface area contributed by atoms with E-state index in [1.54, 1.807) is 0 Å². The van der Waals surface area contributed by atoms with Gasteiger partial charge in [-0.05, 0) is 0 Å². The maximum atomic E-state index is 11.7. The lowest BCUT2D eigenvalue weighted by atomic mass is 10.4. The van der Waals surface area contributed by atoms with Crippen LogP contribution in [0.2, 0.25) is 0 Å². The van der Waals surface area contributed by atoms with Gasteiger partial charge in [0, 0.05) is 13.1 Å². The topological polar surface area (TPSA) is 64.4 Å². The summed E-state index contributed by atoms with van der Waals surface area (Å²) in [7, 11) is 1.39. The second kappa shape index (κ2) is 4.03. The van der Waals surface area contributed by atoms with E-state index in [0.717, 1.165) is 10.7 Å². The van der Waals surface area contributed by atoms with Crippen molar-refractivity contribution in [1.29, 1.82) is 0 Å². The molecule has 0 aliphatic carbocycles. The fourth-order valence-electron chi connectivity index (χ4n) is 0.860. The van der Waals surface area contributed by atoms with E-state index in [2.05, 4.69) is 9.84 Å². The quantitative estimate of drug-likeness (QED) is 0.789. The molecule has 0 aliphatic heterocycles. The Morgan fingerprint density at radius 3 is 2.86 bits per heavy atom. The molecule has 1 rings (SSSR count). The van der Waals surface area contributed by atoms with E-state index in [4.69, 9.17) is 5.11 Å². The first-order valence-corrected chi connectivity index (χ1v) is 3.69. The van der Waals surface area contributed by atoms with E-state index in [1.165, 1.54) is 7.05 Å². The normalized spacial score (nSPS) is 10.6. The molecule has 0 atom stereocenters. The molecule has 0 aromatic carbocycles. The highest BCUT2D eigenvalue weighted by molar-refractivity contribution is 5.85. The summed E-state index contributed by atoms with van der Waals surface area (Å²) in [5.74, 6) is -1.31. The number of hydrogen-bond acceptors (Lipinski definition) is 3. The summed E-state index contributed by atoms with van der Waals surface area (Å²) in [5, 5.41) is 12.2. The molecule has 14 heavy (non-hydrogen) atoms. The van der Waals surface area contributed by atoms with E-state index in [9.17, 15) is 13.6 Å². The molecule has 5 nitrogen and oxygen atoms in total. The standard InChI is InChI=1S/C7H8F2N2O3/c1-11-4(7(12)13)2-6(10-11)14-3-5(8)9/h2,5H,3H2,1H3,(H,12,13). The van der Waals surface area contributed by atoms with E-state index in [1.807, 2.05) is 0 Å². The molecule has 1 N–H and O–H groups in total. The summed E-state index contributed by atoms with van der Waals surface area (Å²) in [5.41, 5.74) is -0.116. The molecule has 0 saturated heterocycles. The van der Waals surface area contributed by atoms with Gasteiger partial charge in [0.25, 0.3) is 6.43 Å². The molecule has 7 heteroatoms. The van der Waals surface area contributed by atoms with Crippen LogP contribution in [-0.2, 0) is 7.05 Å². The number of aryl methyl sites for hydroxylation is 1. The molecule has 0 radical (unpaired) electrons. The monoisotopic (exact) mass is 206 g/mol. The van der Waals surface area contributed by atoms with E-state index in [0.29, 0.717) is 0 Å². The molecular formula is C7H8F2N2O3. The van der Waals surface area contributed by atoms with Crippen molar-refractivity contribution in [2.24, 2.45) is 7.05 Å². The zero-order valence-corrected chi connectivity index (χ0v) is 7.28. The van der Waals surface area contributed by atoms with Crippen molar-refractivity contribution in [3.63, 3.8) is 0 Å². The van der Waals surface area contributed by atoms with E-state index < -0.39 is 19.0 Å². The molecular weight excluding hydrogens is 198 g/mol. The summed E-state index contributed by atoms with van der Waals surface area (Å²) in [6, 6.07) is 1.09. The Balaban J connectivity index is 2.71. The van der Waals surface area contributed by atoms with Crippen molar-refractivity contribution in [1.82, 2.24) is 9.78 Å². The van der Waals surface area contributed by atoms with Gasteiger partial charge >= 0.3 is 5.97 Å². The summed E-state index contributed by atoms with van der Waals surface area (Å²) < 4.78 is 29.0. The van der Waals surface area contributed by atoms with E-state index in [-0.39, 0.29) is 11.6 Å². The number of ether oxygens (including phenoxy) is 1. The fourth-order valence-corrected chi connectivity index (χ4v) is 0.860. The average molecular weight is 206 g/mol. The van der Waals surface area contributed by atoms with Crippen LogP contribution in [0.5, 0.6) is 5.88 Å². The molecule has 0 unspecified atom stereocenters. The number of carboxylic acids is 1. The first kappa shape index (κ1) is 10.4. The van der Waals surface area contributed by atoms with Gasteiger partial charge in [-0.1, -0.05) is 0 Å². The van der Waals surface area contributed by atoms with Crippen molar-refractivity contribution in [2.75, 3.05) is 6.61 Å². The fraction of sp³-hybridized carbons (Fsp3) is 0.429. The highest BCUT2D eigenvalue weighted by atomic mass is 19.3. The van der Waals surface area contributed by atoms with Crippen molar-refractivity contribution >= 4 is 5.97 Å². The van der Waals surface area contributed by atoms with Crippen LogP contribution in [0.4, 0.5) is 8.78 Å². The highest BCUT2D eigenvalue weighted by Gasteiger charge is 2.13. The minimum Gasteiger partial charge on any atom is -0.477 e. The van der Waals surface area contributed by atoms with Gasteiger partial charge in [-0.2, -0.15) is 0 Å². The Bertz CT molecular complexity index is 338. The Morgan fingerprint density at radius 1 is 1.79 bits per heavy atom. The largest absolute Gasteiger partial charge is 0.477 e. The Morgan fingerprint density at radius 2 is 2.43 bits per heavy atom. The van der Waals surface area contributed by atoms with Crippen molar-refractivity contribution in [3.8, 4) is 5.88 Å². The molecule has 0 saturated carbocycles. The van der Waals surface area contributed by atoms with Crippen molar-refractivity contribution in [3.05, 3.63) is 11.8 Å². The van der Waals surface area contributed by atoms with Gasteiger partial charge in [-0.25, -0.2) is 13.6 Å². The lowest BCUT2D eigenvalue weighted by Gasteiger charge is -1.99. The minimum atomic E-state index is -2.61. The predicted octanol–water partition coefficient (Wildman–Crippen LogP) is 0.762. The van der Waals surface area contributed by atoms with Crippen molar-refractivity contribution in [2.45, 2.75) is 6.43 Å². The van der Waals surface area contributed by atoms with Gasteiger partial charge in [0.05, 0.1) is 0 Å². The second-order valence-electron chi connectivity index (χ2n) is 2.50. The zero-order chi connectivity index (χ0) is 10.7. The molecule has 1 aromatic heterocycles. The number of alkyl halides is 2. The molecule has 1 aromatic rings. The lowest BCUT2D eigenvalue weighted by molar-refractivity contribution is 0.0685. The number of carboxylic acid groups (broad SMARTS) is 1. The molecule has 0 aliphatic rings. The number of nitrogens with zero attached hydrogens (tertiary/aromatic N) is 2. The van der Waals surface area contributed by atoms with Gasteiger partial charge in [-0.15, -0.1) is 5.10 Å². The second-order valence-corrected chi connectivity index (χ2v) is 2.50. The number of aromatic carboxylic acids is 1. The molecule has 1 heterocycles. The highest BCUT2D eigenvalue weighted by Crippen LogP contribution is 2.11. The summed E-state index contributed by atoms with van der Waals surface area (Å²) in [6.07, 6.45) is -2.61. The van der Waals surface area contributed by atoms with Gasteiger partial charge in [0.2, 0.25) is 5.88 Å². The number of halogens is 2. The third kappa shape index (κ3) is 2.41. The van der Waals surface area contributed by atoms with Crippen molar-refractivity contribution < 1.29 is 23.4 Å². The smallest absolute Gasteiger partial charge is 0.354 e. The molecule has 0 fully saturated rings. The molecule has 78 valence electrons. The maximum Gasteiger partial charge on any atom is 0.354 e. The summed E-state index contributed by atoms with van der Waals surface area (Å²) in [6.45, 7) is -0.796. The number of hydrogen-bond donors (Lipinski definition) is 1. The first-order valence-electron chi connectivity index (χ1n) is 3.69. The Labute approximate surface area is 77.9 Å². The van der Waals surface area contributed by atoms with Crippen LogP contribution in [0.1, 0.15) is 10.5 Å². The maximum absolute atomic E-state index is 11.7. The Kier molecular flexibility index (Phi) is 3.00. The lowest BCUT2D eigenvalue weighted by Crippen LogP contribution is -2.07. The first-order chi connectivity index (χ1) is 6.50. The van der Waals surface area contributed by atoms with Gasteiger partial charge in [-0.3, -0.25) is 4.68 Å². The number of carbonyl (C=O) groups is 1. The van der Waals surface area contributed by atoms with Gasteiger partial charge < -0.3 is 9.84 Å². The van der Waals surface area contributed by atoms with Crippen LogP contribution in [-0.4, -0.2) is 33.9 Å². The van der Waals surface area contributed by atoms with Crippen LogP contribution in [0.3, 0.4) is 0 Å². The third-order valence-corrected chi connectivity index (χ3v) is 1.43. The van der Waals surface area contributed by atoms with Crippen LogP contribution < -0.4 is 4.74 Å². The summed E-state index contributed by atoms with van der Waals surface area (Å²) >= 11 is 0. The molecule has 0 spiro atoms. The van der Waals surface area contributed by atoms with Crippen LogP contribution in [0.15, 0.2) is 6.07 Å². The number of rotatable bonds is 4. The van der Waals surface area contributed by atoms with E-state index >= 15 is 0 Å². The summed E-state index contributed by atoms with van der Waals surface area (Å²) in [4.78, 5) is 10.5. The minimum absolute atomic E-state index is 0.116. The van der Waals surface area contributed by atoms with Gasteiger partial charge in [0.1, 0.15) is 5.69 Å². The SMILES string of the molecule is Cn1nc(OCC(F)F)cc1C(=O)O. The molecule has 0 bridgehead atoms. The average Bonchev–Trinajstić information content (AvgIpc) is 2.43. The molecule has 0 amide bonds. The van der Waals surface area contributed by atoms with Crippen LogP contribution in [0.25, 0.3) is 0 Å². The van der Waals surface area contributed by atoms with Gasteiger partial charge in [0.15, 0.2) is 6.61 Å². The van der Waals surface area contributed by atoms with Crippen LogP contribution in [0, 0.1) is 0 Å². The van der Waals surface area contributed by atoms with Crippen LogP contribution >= 0.6 is 0 Å². The number of aromatic nitrogens is 2. The Hall–Kier alpha value is -1.66. The third-order valence-electron chi connectivity index (χ3n) is 1.43. The zero-order valence-electron chi connectivity index (χ0n) is 7.28. The predicted molar refractivity (Wildman–Crippen MR) is 41.7 cm³/mol.